The normalized spacial score (nSPS) is 18.3. The number of ether oxygens (including phenoxy) is 2. The Labute approximate surface area is 197 Å². The lowest BCUT2D eigenvalue weighted by Crippen LogP contribution is -2.47. The summed E-state index contributed by atoms with van der Waals surface area (Å²) in [6.45, 7) is 6.38. The number of hydrogen-bond acceptors (Lipinski definition) is 4. The number of hydrogen-bond donors (Lipinski definition) is 0. The lowest BCUT2D eigenvalue weighted by molar-refractivity contribution is 0.0135. The minimum atomic E-state index is -0.516. The molecule has 6 nitrogen and oxygen atoms in total. The molecule has 0 aliphatic heterocycles. The molecule has 6 heteroatoms. The predicted octanol–water partition coefficient (Wildman–Crippen LogP) is 6.00. The standard InChI is InChI=1S/C27H36N2O4/c1-27(2,3)33-25(30)28(4)23-15-17-24(18-16-23)29(19-21-11-7-5-8-12-21)26(31)32-20-22-13-9-6-10-14-22/h5-14,23-24H,15-20H2,1-4H3. The van der Waals surface area contributed by atoms with Crippen LogP contribution in [0.4, 0.5) is 9.59 Å². The summed E-state index contributed by atoms with van der Waals surface area (Å²) in [6, 6.07) is 19.9. The third kappa shape index (κ3) is 7.52. The Morgan fingerprint density at radius 1 is 0.818 bits per heavy atom. The molecular weight excluding hydrogens is 416 g/mol. The number of benzene rings is 2. The summed E-state index contributed by atoms with van der Waals surface area (Å²) >= 11 is 0. The highest BCUT2D eigenvalue weighted by atomic mass is 16.6. The van der Waals surface area contributed by atoms with Crippen LogP contribution in [0.25, 0.3) is 0 Å². The third-order valence-corrected chi connectivity index (χ3v) is 5.97. The molecule has 0 atom stereocenters. The zero-order valence-corrected chi connectivity index (χ0v) is 20.2. The van der Waals surface area contributed by atoms with Crippen LogP contribution in [0.2, 0.25) is 0 Å². The van der Waals surface area contributed by atoms with Crippen LogP contribution in [0, 0.1) is 0 Å². The molecule has 1 fully saturated rings. The van der Waals surface area contributed by atoms with Gasteiger partial charge in [-0.25, -0.2) is 9.59 Å². The number of amides is 2. The fraction of sp³-hybridized carbons (Fsp3) is 0.481. The van der Waals surface area contributed by atoms with Crippen molar-refractivity contribution >= 4 is 12.2 Å². The zero-order chi connectivity index (χ0) is 23.8. The summed E-state index contributed by atoms with van der Waals surface area (Å²) in [6.07, 6.45) is 2.66. The first-order valence-corrected chi connectivity index (χ1v) is 11.7. The molecule has 0 bridgehead atoms. The van der Waals surface area contributed by atoms with Crippen molar-refractivity contribution in [2.75, 3.05) is 7.05 Å². The molecule has 178 valence electrons. The van der Waals surface area contributed by atoms with E-state index in [0.29, 0.717) is 6.54 Å². The van der Waals surface area contributed by atoms with E-state index in [1.807, 2.05) is 86.3 Å². The van der Waals surface area contributed by atoms with Crippen LogP contribution in [0.15, 0.2) is 60.7 Å². The molecule has 1 saturated carbocycles. The quantitative estimate of drug-likeness (QED) is 0.539. The predicted molar refractivity (Wildman–Crippen MR) is 129 cm³/mol. The maximum atomic E-state index is 13.1. The van der Waals surface area contributed by atoms with E-state index >= 15 is 0 Å². The molecule has 0 radical (unpaired) electrons. The number of rotatable bonds is 6. The van der Waals surface area contributed by atoms with Crippen molar-refractivity contribution in [2.45, 2.75) is 77.3 Å². The van der Waals surface area contributed by atoms with Crippen molar-refractivity contribution < 1.29 is 19.1 Å². The summed E-state index contributed by atoms with van der Waals surface area (Å²) in [5, 5.41) is 0. The van der Waals surface area contributed by atoms with Gasteiger partial charge in [-0.15, -0.1) is 0 Å². The van der Waals surface area contributed by atoms with Crippen molar-refractivity contribution in [3.63, 3.8) is 0 Å². The summed E-state index contributed by atoms with van der Waals surface area (Å²) in [7, 11) is 1.80. The molecule has 33 heavy (non-hydrogen) atoms. The average molecular weight is 453 g/mol. The molecule has 0 N–H and O–H groups in total. The highest BCUT2D eigenvalue weighted by Crippen LogP contribution is 2.28. The second-order valence-corrected chi connectivity index (χ2v) is 9.71. The van der Waals surface area contributed by atoms with Crippen molar-refractivity contribution in [1.29, 1.82) is 0 Å². The largest absolute Gasteiger partial charge is 0.445 e. The van der Waals surface area contributed by atoms with Gasteiger partial charge in [0.15, 0.2) is 0 Å². The molecule has 0 saturated heterocycles. The van der Waals surface area contributed by atoms with Gasteiger partial charge in [-0.3, -0.25) is 0 Å². The Morgan fingerprint density at radius 3 is 1.88 bits per heavy atom. The molecule has 2 aromatic rings. The minimum Gasteiger partial charge on any atom is -0.445 e. The first-order chi connectivity index (χ1) is 15.7. The monoisotopic (exact) mass is 452 g/mol. The van der Waals surface area contributed by atoms with Crippen LogP contribution < -0.4 is 0 Å². The van der Waals surface area contributed by atoms with Crippen LogP contribution in [0.1, 0.15) is 57.6 Å². The van der Waals surface area contributed by atoms with E-state index in [0.717, 1.165) is 36.8 Å². The molecule has 3 rings (SSSR count). The maximum absolute atomic E-state index is 13.1. The molecule has 0 unspecified atom stereocenters. The van der Waals surface area contributed by atoms with E-state index in [1.165, 1.54) is 0 Å². The van der Waals surface area contributed by atoms with E-state index in [1.54, 1.807) is 11.9 Å². The van der Waals surface area contributed by atoms with E-state index in [4.69, 9.17) is 9.47 Å². The highest BCUT2D eigenvalue weighted by Gasteiger charge is 2.33. The van der Waals surface area contributed by atoms with Gasteiger partial charge in [0, 0.05) is 25.7 Å². The van der Waals surface area contributed by atoms with E-state index in [9.17, 15) is 9.59 Å². The van der Waals surface area contributed by atoms with Crippen molar-refractivity contribution in [3.05, 3.63) is 71.8 Å². The van der Waals surface area contributed by atoms with Gasteiger partial charge in [0.2, 0.25) is 0 Å². The van der Waals surface area contributed by atoms with Crippen LogP contribution in [-0.4, -0.2) is 46.7 Å². The zero-order valence-electron chi connectivity index (χ0n) is 20.2. The van der Waals surface area contributed by atoms with Crippen molar-refractivity contribution in [2.24, 2.45) is 0 Å². The van der Waals surface area contributed by atoms with Crippen LogP contribution in [0.5, 0.6) is 0 Å². The molecule has 0 aromatic heterocycles. The van der Waals surface area contributed by atoms with Crippen LogP contribution in [-0.2, 0) is 22.6 Å². The van der Waals surface area contributed by atoms with Crippen LogP contribution >= 0.6 is 0 Å². The second kappa shape index (κ2) is 11.2. The number of carbonyl (C=O) groups is 2. The first-order valence-electron chi connectivity index (χ1n) is 11.7. The van der Waals surface area contributed by atoms with Gasteiger partial charge in [-0.05, 0) is 57.6 Å². The van der Waals surface area contributed by atoms with Gasteiger partial charge in [-0.1, -0.05) is 60.7 Å². The molecule has 1 aliphatic carbocycles. The van der Waals surface area contributed by atoms with Crippen molar-refractivity contribution in [1.82, 2.24) is 9.80 Å². The Kier molecular flexibility index (Phi) is 8.37. The van der Waals surface area contributed by atoms with Crippen molar-refractivity contribution in [3.8, 4) is 0 Å². The average Bonchev–Trinajstić information content (AvgIpc) is 2.81. The lowest BCUT2D eigenvalue weighted by atomic mass is 9.89. The number of carbonyl (C=O) groups excluding carboxylic acids is 2. The highest BCUT2D eigenvalue weighted by molar-refractivity contribution is 5.69. The van der Waals surface area contributed by atoms with Gasteiger partial charge in [0.25, 0.3) is 0 Å². The molecule has 2 amide bonds. The fourth-order valence-corrected chi connectivity index (χ4v) is 4.17. The lowest BCUT2D eigenvalue weighted by Gasteiger charge is -2.39. The summed E-state index contributed by atoms with van der Waals surface area (Å²) < 4.78 is 11.2. The third-order valence-electron chi connectivity index (χ3n) is 5.97. The van der Waals surface area contributed by atoms with Crippen LogP contribution in [0.3, 0.4) is 0 Å². The fourth-order valence-electron chi connectivity index (χ4n) is 4.17. The first kappa shape index (κ1) is 24.6. The summed E-state index contributed by atoms with van der Waals surface area (Å²) in [5.41, 5.74) is 1.52. The van der Waals surface area contributed by atoms with Gasteiger partial charge in [0.05, 0.1) is 0 Å². The summed E-state index contributed by atoms with van der Waals surface area (Å²) in [5.74, 6) is 0. The SMILES string of the molecule is CN(C(=O)OC(C)(C)C)C1CCC(N(Cc2ccccc2)C(=O)OCc2ccccc2)CC1. The maximum Gasteiger partial charge on any atom is 0.410 e. The van der Waals surface area contributed by atoms with E-state index < -0.39 is 5.60 Å². The number of nitrogens with zero attached hydrogens (tertiary/aromatic N) is 2. The molecule has 1 aliphatic rings. The van der Waals surface area contributed by atoms with E-state index in [-0.39, 0.29) is 30.9 Å². The second-order valence-electron chi connectivity index (χ2n) is 9.71. The Bertz CT molecular complexity index is 887. The van der Waals surface area contributed by atoms with Gasteiger partial charge < -0.3 is 19.3 Å². The Morgan fingerprint density at radius 2 is 1.33 bits per heavy atom. The Hall–Kier alpha value is -3.02. The summed E-state index contributed by atoms with van der Waals surface area (Å²) in [4.78, 5) is 29.1. The van der Waals surface area contributed by atoms with E-state index in [2.05, 4.69) is 0 Å². The molecule has 0 heterocycles. The van der Waals surface area contributed by atoms with Gasteiger partial charge >= 0.3 is 12.2 Å². The smallest absolute Gasteiger partial charge is 0.410 e. The molecule has 0 spiro atoms. The minimum absolute atomic E-state index is 0.0665. The molecule has 2 aromatic carbocycles. The van der Waals surface area contributed by atoms with Gasteiger partial charge in [0.1, 0.15) is 12.2 Å². The Balaban J connectivity index is 1.63. The topological polar surface area (TPSA) is 59.1 Å². The van der Waals surface area contributed by atoms with Gasteiger partial charge in [-0.2, -0.15) is 0 Å². The molecular formula is C27H36N2O4.